The lowest BCUT2D eigenvalue weighted by atomic mass is 10.2. The van der Waals surface area contributed by atoms with E-state index in [0.717, 1.165) is 27.2 Å². The van der Waals surface area contributed by atoms with Gasteiger partial charge in [-0.05, 0) is 44.5 Å². The van der Waals surface area contributed by atoms with Crippen molar-refractivity contribution in [1.82, 2.24) is 14.8 Å². The average molecular weight is 362 g/mol. The highest BCUT2D eigenvalue weighted by atomic mass is 32.1. The number of nitrogens with one attached hydrogen (secondary N) is 1. The fourth-order valence-corrected chi connectivity index (χ4v) is 4.03. The molecular weight excluding hydrogens is 344 g/mol. The van der Waals surface area contributed by atoms with Crippen LogP contribution in [0.1, 0.15) is 27.3 Å². The van der Waals surface area contributed by atoms with E-state index < -0.39 is 0 Å². The molecule has 0 aliphatic rings. The van der Waals surface area contributed by atoms with Crippen LogP contribution >= 0.6 is 11.3 Å². The van der Waals surface area contributed by atoms with E-state index in [0.29, 0.717) is 16.4 Å². The fourth-order valence-electron chi connectivity index (χ4n) is 3.09. The van der Waals surface area contributed by atoms with Crippen LogP contribution in [-0.4, -0.2) is 20.7 Å². The van der Waals surface area contributed by atoms with E-state index in [1.807, 2.05) is 69.3 Å². The summed E-state index contributed by atoms with van der Waals surface area (Å²) in [5.41, 5.74) is 5.06. The van der Waals surface area contributed by atoms with Gasteiger partial charge in [-0.2, -0.15) is 5.10 Å². The number of hydrogen-bond donors (Lipinski definition) is 1. The van der Waals surface area contributed by atoms with Crippen molar-refractivity contribution in [2.24, 2.45) is 0 Å². The first kappa shape index (κ1) is 16.5. The Morgan fingerprint density at radius 1 is 1.04 bits per heavy atom. The van der Waals surface area contributed by atoms with Crippen LogP contribution in [0, 0.1) is 20.8 Å². The van der Waals surface area contributed by atoms with Crippen LogP contribution in [0.15, 0.2) is 48.5 Å². The Balaban J connectivity index is 1.68. The number of carbonyl (C=O) groups excluding carboxylic acids is 1. The molecule has 1 N–H and O–H groups in total. The molecule has 0 radical (unpaired) electrons. The molecule has 0 bridgehead atoms. The van der Waals surface area contributed by atoms with Crippen LogP contribution in [0.2, 0.25) is 0 Å². The van der Waals surface area contributed by atoms with Crippen LogP contribution in [0.3, 0.4) is 0 Å². The minimum absolute atomic E-state index is 0.182. The molecule has 1 amide bonds. The summed E-state index contributed by atoms with van der Waals surface area (Å²) in [5, 5.41) is 8.08. The van der Waals surface area contributed by atoms with Crippen LogP contribution in [0.25, 0.3) is 15.9 Å². The van der Waals surface area contributed by atoms with Gasteiger partial charge in [0.25, 0.3) is 5.91 Å². The summed E-state index contributed by atoms with van der Waals surface area (Å²) >= 11 is 1.48. The van der Waals surface area contributed by atoms with E-state index in [9.17, 15) is 4.79 Å². The molecule has 6 heteroatoms. The van der Waals surface area contributed by atoms with E-state index in [4.69, 9.17) is 0 Å². The van der Waals surface area contributed by atoms with Crippen molar-refractivity contribution >= 4 is 32.6 Å². The van der Waals surface area contributed by atoms with Crippen LogP contribution < -0.4 is 5.32 Å². The summed E-state index contributed by atoms with van der Waals surface area (Å²) in [6.07, 6.45) is 0. The predicted octanol–water partition coefficient (Wildman–Crippen LogP) is 4.66. The molecule has 0 spiro atoms. The molecule has 0 aliphatic carbocycles. The Bertz CT molecular complexity index is 1110. The number of aromatic nitrogens is 3. The molecule has 0 fully saturated rings. The first-order valence-corrected chi connectivity index (χ1v) is 9.15. The maximum absolute atomic E-state index is 12.9. The van der Waals surface area contributed by atoms with Gasteiger partial charge in [0.2, 0.25) is 0 Å². The second-order valence-electron chi connectivity index (χ2n) is 6.19. The quantitative estimate of drug-likeness (QED) is 0.577. The fraction of sp³-hybridized carbons (Fsp3) is 0.150. The molecule has 0 unspecified atom stereocenters. The monoisotopic (exact) mass is 362 g/mol. The summed E-state index contributed by atoms with van der Waals surface area (Å²) in [6.45, 7) is 5.78. The van der Waals surface area contributed by atoms with E-state index in [2.05, 4.69) is 15.4 Å². The number of carbonyl (C=O) groups is 1. The summed E-state index contributed by atoms with van der Waals surface area (Å²) in [5.74, 6) is -0.182. The standard InChI is InChI=1S/C20H18N4OS/c1-12-8-7-11-16-18(12)21-20(26-16)22-19(25)17-13(2)23-24(14(17)3)15-9-5-4-6-10-15/h4-11H,1-3H3,(H,21,22,25). The number of anilines is 1. The van der Waals surface area contributed by atoms with Crippen molar-refractivity contribution in [2.45, 2.75) is 20.8 Å². The molecule has 0 saturated heterocycles. The lowest BCUT2D eigenvalue weighted by Gasteiger charge is -2.05. The Morgan fingerprint density at radius 3 is 2.54 bits per heavy atom. The zero-order valence-electron chi connectivity index (χ0n) is 14.8. The van der Waals surface area contributed by atoms with Gasteiger partial charge in [0.15, 0.2) is 5.13 Å². The molecular formula is C20H18N4OS. The first-order chi connectivity index (χ1) is 12.5. The molecule has 2 heterocycles. The number of benzene rings is 2. The van der Waals surface area contributed by atoms with Gasteiger partial charge in [-0.15, -0.1) is 0 Å². The van der Waals surface area contributed by atoms with Gasteiger partial charge in [-0.25, -0.2) is 9.67 Å². The Kier molecular flexibility index (Phi) is 4.05. The number of nitrogens with zero attached hydrogens (tertiary/aromatic N) is 3. The number of rotatable bonds is 3. The van der Waals surface area contributed by atoms with E-state index >= 15 is 0 Å². The highest BCUT2D eigenvalue weighted by Gasteiger charge is 2.20. The maximum Gasteiger partial charge on any atom is 0.261 e. The molecule has 2 aromatic heterocycles. The minimum Gasteiger partial charge on any atom is -0.298 e. The molecule has 0 atom stereocenters. The largest absolute Gasteiger partial charge is 0.298 e. The van der Waals surface area contributed by atoms with Crippen molar-refractivity contribution in [2.75, 3.05) is 5.32 Å². The number of aryl methyl sites for hydroxylation is 2. The number of fused-ring (bicyclic) bond motifs is 1. The molecule has 4 rings (SSSR count). The van der Waals surface area contributed by atoms with Gasteiger partial charge in [0.1, 0.15) is 0 Å². The summed E-state index contributed by atoms with van der Waals surface area (Å²) in [4.78, 5) is 17.4. The molecule has 26 heavy (non-hydrogen) atoms. The van der Waals surface area contributed by atoms with E-state index in [1.165, 1.54) is 11.3 Å². The van der Waals surface area contributed by atoms with Gasteiger partial charge in [0.05, 0.1) is 32.9 Å². The molecule has 130 valence electrons. The van der Waals surface area contributed by atoms with Crippen LogP contribution in [0.4, 0.5) is 5.13 Å². The van der Waals surface area contributed by atoms with Gasteiger partial charge >= 0.3 is 0 Å². The Labute approximate surface area is 155 Å². The molecule has 5 nitrogen and oxygen atoms in total. The van der Waals surface area contributed by atoms with Crippen molar-refractivity contribution in [3.63, 3.8) is 0 Å². The highest BCUT2D eigenvalue weighted by molar-refractivity contribution is 7.22. The SMILES string of the molecule is Cc1nn(-c2ccccc2)c(C)c1C(=O)Nc1nc2c(C)cccc2s1. The Hall–Kier alpha value is -2.99. The topological polar surface area (TPSA) is 59.8 Å². The Morgan fingerprint density at radius 2 is 1.81 bits per heavy atom. The van der Waals surface area contributed by atoms with Crippen molar-refractivity contribution in [1.29, 1.82) is 0 Å². The third-order valence-corrected chi connectivity index (χ3v) is 5.30. The van der Waals surface area contributed by atoms with E-state index in [-0.39, 0.29) is 5.91 Å². The third-order valence-electron chi connectivity index (χ3n) is 4.36. The maximum atomic E-state index is 12.9. The third kappa shape index (κ3) is 2.78. The van der Waals surface area contributed by atoms with Crippen molar-refractivity contribution in [3.8, 4) is 5.69 Å². The summed E-state index contributed by atoms with van der Waals surface area (Å²) in [7, 11) is 0. The van der Waals surface area contributed by atoms with Gasteiger partial charge in [-0.3, -0.25) is 10.1 Å². The van der Waals surface area contributed by atoms with Crippen LogP contribution in [0.5, 0.6) is 0 Å². The van der Waals surface area contributed by atoms with Gasteiger partial charge in [0, 0.05) is 0 Å². The highest BCUT2D eigenvalue weighted by Crippen LogP contribution is 2.28. The van der Waals surface area contributed by atoms with Gasteiger partial charge in [-0.1, -0.05) is 41.7 Å². The molecule has 2 aromatic carbocycles. The average Bonchev–Trinajstić information content (AvgIpc) is 3.17. The molecule has 0 saturated carbocycles. The van der Waals surface area contributed by atoms with Gasteiger partial charge < -0.3 is 0 Å². The number of thiazole rings is 1. The molecule has 4 aromatic rings. The van der Waals surface area contributed by atoms with Crippen molar-refractivity contribution in [3.05, 3.63) is 71.0 Å². The zero-order valence-corrected chi connectivity index (χ0v) is 15.6. The summed E-state index contributed by atoms with van der Waals surface area (Å²) < 4.78 is 2.86. The number of hydrogen-bond acceptors (Lipinski definition) is 4. The number of amides is 1. The van der Waals surface area contributed by atoms with E-state index in [1.54, 1.807) is 4.68 Å². The first-order valence-electron chi connectivity index (χ1n) is 8.34. The lowest BCUT2D eigenvalue weighted by molar-refractivity contribution is 0.102. The molecule has 0 aliphatic heterocycles. The predicted molar refractivity (Wildman–Crippen MR) is 105 cm³/mol. The van der Waals surface area contributed by atoms with Crippen LogP contribution in [-0.2, 0) is 0 Å². The lowest BCUT2D eigenvalue weighted by Crippen LogP contribution is -2.14. The minimum atomic E-state index is -0.182. The summed E-state index contributed by atoms with van der Waals surface area (Å²) in [6, 6.07) is 15.8. The zero-order chi connectivity index (χ0) is 18.3. The van der Waals surface area contributed by atoms with Crippen molar-refractivity contribution < 1.29 is 4.79 Å². The second kappa shape index (κ2) is 6.38. The normalized spacial score (nSPS) is 11.0. The smallest absolute Gasteiger partial charge is 0.261 e. The second-order valence-corrected chi connectivity index (χ2v) is 7.22. The number of para-hydroxylation sites is 2.